The summed E-state index contributed by atoms with van der Waals surface area (Å²) in [5, 5.41) is 3.97. The zero-order valence-electron chi connectivity index (χ0n) is 12.2. The van der Waals surface area contributed by atoms with Gasteiger partial charge in [-0.3, -0.25) is 4.79 Å². The Hall–Kier alpha value is -2.89. The average Bonchev–Trinajstić information content (AvgIpc) is 3.02. The first kappa shape index (κ1) is 14.1. The van der Waals surface area contributed by atoms with Crippen molar-refractivity contribution in [2.45, 2.75) is 13.5 Å². The summed E-state index contributed by atoms with van der Waals surface area (Å²) in [4.78, 5) is 12.0. The summed E-state index contributed by atoms with van der Waals surface area (Å²) in [6.07, 6.45) is 5.26. The van der Waals surface area contributed by atoms with Crippen LogP contribution in [0.5, 0.6) is 11.5 Å². The molecule has 6 heteroatoms. The van der Waals surface area contributed by atoms with Crippen molar-refractivity contribution in [1.82, 2.24) is 5.43 Å². The highest BCUT2D eigenvalue weighted by molar-refractivity contribution is 5.94. The monoisotopic (exact) mass is 298 g/mol. The minimum atomic E-state index is -0.250. The van der Waals surface area contributed by atoms with Crippen LogP contribution in [-0.2, 0) is 6.54 Å². The molecular weight excluding hydrogens is 282 g/mol. The number of fused-ring (bicyclic) bond motifs is 1. The van der Waals surface area contributed by atoms with Crippen LogP contribution >= 0.6 is 0 Å². The maximum absolute atomic E-state index is 12.0. The van der Waals surface area contributed by atoms with Crippen molar-refractivity contribution in [3.05, 3.63) is 53.9 Å². The zero-order valence-corrected chi connectivity index (χ0v) is 12.2. The van der Waals surface area contributed by atoms with E-state index in [-0.39, 0.29) is 12.7 Å². The number of pyridine rings is 1. The molecule has 0 fully saturated rings. The number of carbonyl (C=O) groups excluding carboxylic acids is 1. The molecular formula is C16H16N3O3+. The smallest absolute Gasteiger partial charge is 0.277 e. The van der Waals surface area contributed by atoms with Gasteiger partial charge in [-0.05, 0) is 36.8 Å². The predicted molar refractivity (Wildman–Crippen MR) is 79.9 cm³/mol. The maximum Gasteiger partial charge on any atom is 0.277 e. The first-order chi connectivity index (χ1) is 10.8. The van der Waals surface area contributed by atoms with Gasteiger partial charge in [0.1, 0.15) is 12.1 Å². The number of hydrazone groups is 1. The average molecular weight is 298 g/mol. The van der Waals surface area contributed by atoms with Gasteiger partial charge in [0.15, 0.2) is 23.9 Å². The fourth-order valence-electron chi connectivity index (χ4n) is 2.08. The quantitative estimate of drug-likeness (QED) is 0.528. The summed E-state index contributed by atoms with van der Waals surface area (Å²) < 4.78 is 12.5. The van der Waals surface area contributed by atoms with Crippen LogP contribution in [0.25, 0.3) is 0 Å². The SMILES string of the molecule is CC[n+]1cccc(C(=O)N/N=C\c2ccc3c(c2)OCO3)c1. The molecule has 1 aliphatic heterocycles. The normalized spacial score (nSPS) is 12.6. The van der Waals surface area contributed by atoms with Gasteiger partial charge >= 0.3 is 0 Å². The lowest BCUT2D eigenvalue weighted by Crippen LogP contribution is -2.33. The topological polar surface area (TPSA) is 63.8 Å². The number of aryl methyl sites for hydroxylation is 1. The number of carbonyl (C=O) groups is 1. The molecule has 3 rings (SSSR count). The molecule has 0 radical (unpaired) electrons. The Morgan fingerprint density at radius 1 is 1.36 bits per heavy atom. The molecule has 22 heavy (non-hydrogen) atoms. The number of nitrogens with one attached hydrogen (secondary N) is 1. The molecule has 0 bridgehead atoms. The van der Waals surface area contributed by atoms with Crippen molar-refractivity contribution in [2.75, 3.05) is 6.79 Å². The standard InChI is InChI=1S/C16H15N3O3/c1-2-19-7-3-4-13(10-19)16(20)18-17-9-12-5-6-14-15(8-12)22-11-21-14/h3-10H,2,11H2,1H3/p+1/b17-9-. The van der Waals surface area contributed by atoms with Gasteiger partial charge in [0.25, 0.3) is 5.91 Å². The van der Waals surface area contributed by atoms with Crippen LogP contribution in [0.2, 0.25) is 0 Å². The fourth-order valence-corrected chi connectivity index (χ4v) is 2.08. The highest BCUT2D eigenvalue weighted by atomic mass is 16.7. The number of hydrogen-bond acceptors (Lipinski definition) is 4. The van der Waals surface area contributed by atoms with E-state index < -0.39 is 0 Å². The van der Waals surface area contributed by atoms with E-state index in [0.29, 0.717) is 11.3 Å². The minimum absolute atomic E-state index is 0.234. The van der Waals surface area contributed by atoms with Gasteiger partial charge in [0.05, 0.1) is 6.21 Å². The molecule has 1 N–H and O–H groups in total. The number of amides is 1. The van der Waals surface area contributed by atoms with Gasteiger partial charge in [-0.25, -0.2) is 9.99 Å². The Labute approximate surface area is 128 Å². The summed E-state index contributed by atoms with van der Waals surface area (Å²) in [7, 11) is 0. The Kier molecular flexibility index (Phi) is 4.00. The van der Waals surface area contributed by atoms with Crippen molar-refractivity contribution in [2.24, 2.45) is 5.10 Å². The molecule has 6 nitrogen and oxygen atoms in total. The molecule has 0 spiro atoms. The molecule has 0 saturated heterocycles. The van der Waals surface area contributed by atoms with E-state index in [1.54, 1.807) is 18.5 Å². The molecule has 0 aliphatic carbocycles. The number of hydrogen-bond donors (Lipinski definition) is 1. The van der Waals surface area contributed by atoms with Crippen LogP contribution in [0.15, 0.2) is 47.8 Å². The third-order valence-electron chi connectivity index (χ3n) is 3.26. The van der Waals surface area contributed by atoms with E-state index >= 15 is 0 Å². The van der Waals surface area contributed by atoms with Crippen LogP contribution in [0.4, 0.5) is 0 Å². The molecule has 2 heterocycles. The van der Waals surface area contributed by atoms with Gasteiger partial charge in [-0.15, -0.1) is 0 Å². The predicted octanol–water partition coefficient (Wildman–Crippen LogP) is 1.49. The van der Waals surface area contributed by atoms with Crippen molar-refractivity contribution in [3.63, 3.8) is 0 Å². The third kappa shape index (κ3) is 3.06. The Morgan fingerprint density at radius 2 is 2.23 bits per heavy atom. The minimum Gasteiger partial charge on any atom is -0.454 e. The van der Waals surface area contributed by atoms with E-state index in [0.717, 1.165) is 17.9 Å². The summed E-state index contributed by atoms with van der Waals surface area (Å²) in [6, 6.07) is 9.05. The van der Waals surface area contributed by atoms with E-state index in [1.807, 2.05) is 42.0 Å². The second-order valence-electron chi connectivity index (χ2n) is 4.73. The fraction of sp³-hybridized carbons (Fsp3) is 0.188. The van der Waals surface area contributed by atoms with Gasteiger partial charge in [0.2, 0.25) is 6.79 Å². The number of aromatic nitrogens is 1. The second-order valence-corrected chi connectivity index (χ2v) is 4.73. The highest BCUT2D eigenvalue weighted by Gasteiger charge is 2.12. The third-order valence-corrected chi connectivity index (χ3v) is 3.26. The lowest BCUT2D eigenvalue weighted by molar-refractivity contribution is -0.693. The first-order valence-electron chi connectivity index (χ1n) is 6.98. The molecule has 112 valence electrons. The number of rotatable bonds is 4. The van der Waals surface area contributed by atoms with Crippen LogP contribution in [0.1, 0.15) is 22.8 Å². The maximum atomic E-state index is 12.0. The zero-order chi connectivity index (χ0) is 15.4. The van der Waals surface area contributed by atoms with Gasteiger partial charge in [0, 0.05) is 6.07 Å². The summed E-state index contributed by atoms with van der Waals surface area (Å²) in [6.45, 7) is 3.05. The number of ether oxygens (including phenoxy) is 2. The molecule has 0 unspecified atom stereocenters. The van der Waals surface area contributed by atoms with Crippen LogP contribution < -0.4 is 19.5 Å². The molecule has 1 aromatic heterocycles. The summed E-state index contributed by atoms with van der Waals surface area (Å²) in [5.74, 6) is 1.15. The van der Waals surface area contributed by atoms with E-state index in [9.17, 15) is 4.79 Å². The molecule has 2 aromatic rings. The number of benzene rings is 1. The lowest BCUT2D eigenvalue weighted by Gasteiger charge is -2.00. The van der Waals surface area contributed by atoms with Gasteiger partial charge in [-0.1, -0.05) is 0 Å². The summed E-state index contributed by atoms with van der Waals surface area (Å²) in [5.41, 5.74) is 3.89. The van der Waals surface area contributed by atoms with Gasteiger partial charge < -0.3 is 9.47 Å². The van der Waals surface area contributed by atoms with Gasteiger partial charge in [-0.2, -0.15) is 5.10 Å². The van der Waals surface area contributed by atoms with Crippen molar-refractivity contribution in [3.8, 4) is 11.5 Å². The van der Waals surface area contributed by atoms with Crippen LogP contribution in [0, 0.1) is 0 Å². The van der Waals surface area contributed by atoms with Crippen LogP contribution in [-0.4, -0.2) is 18.9 Å². The Balaban J connectivity index is 1.65. The first-order valence-corrected chi connectivity index (χ1v) is 6.98. The molecule has 1 amide bonds. The largest absolute Gasteiger partial charge is 0.454 e. The Morgan fingerprint density at radius 3 is 3.09 bits per heavy atom. The molecule has 1 aromatic carbocycles. The van der Waals surface area contributed by atoms with E-state index in [4.69, 9.17) is 9.47 Å². The highest BCUT2D eigenvalue weighted by Crippen LogP contribution is 2.31. The van der Waals surface area contributed by atoms with E-state index in [2.05, 4.69) is 10.5 Å². The lowest BCUT2D eigenvalue weighted by atomic mass is 10.2. The molecule has 0 atom stereocenters. The molecule has 1 aliphatic rings. The molecule has 0 saturated carbocycles. The van der Waals surface area contributed by atoms with Crippen molar-refractivity contribution >= 4 is 12.1 Å². The number of nitrogens with zero attached hydrogens (tertiary/aromatic N) is 2. The van der Waals surface area contributed by atoms with Crippen molar-refractivity contribution in [1.29, 1.82) is 0 Å². The Bertz CT molecular complexity index is 728. The summed E-state index contributed by atoms with van der Waals surface area (Å²) >= 11 is 0. The van der Waals surface area contributed by atoms with E-state index in [1.165, 1.54) is 0 Å². The van der Waals surface area contributed by atoms with Crippen LogP contribution in [0.3, 0.4) is 0 Å². The second kappa shape index (κ2) is 6.26. The van der Waals surface area contributed by atoms with Crippen molar-refractivity contribution < 1.29 is 18.8 Å².